The summed E-state index contributed by atoms with van der Waals surface area (Å²) in [5, 5.41) is 12.0. The van der Waals surface area contributed by atoms with Crippen LogP contribution in [0.3, 0.4) is 0 Å². The van der Waals surface area contributed by atoms with Crippen LogP contribution in [0.25, 0.3) is 5.69 Å². The molecule has 2 amide bonds. The Morgan fingerprint density at radius 3 is 2.55 bits per heavy atom. The van der Waals surface area contributed by atoms with Crippen LogP contribution in [0.2, 0.25) is 0 Å². The first-order valence-electron chi connectivity index (χ1n) is 6.60. The first kappa shape index (κ1) is 14.0. The molecule has 1 aliphatic heterocycles. The van der Waals surface area contributed by atoms with E-state index in [1.54, 1.807) is 31.2 Å². The fourth-order valence-corrected chi connectivity index (χ4v) is 2.57. The lowest BCUT2D eigenvalue weighted by molar-refractivity contribution is 0.0880. The Balaban J connectivity index is 2.36. The summed E-state index contributed by atoms with van der Waals surface area (Å²) in [6, 6.07) is 7.75. The molecule has 1 unspecified atom stereocenters. The number of imide groups is 1. The summed E-state index contributed by atoms with van der Waals surface area (Å²) in [6.45, 7) is 1.56. The summed E-state index contributed by atoms with van der Waals surface area (Å²) in [5.74, 6) is -1.40. The third-order valence-corrected chi connectivity index (χ3v) is 3.58. The number of pyridine rings is 1. The number of anilines is 1. The molecule has 1 aliphatic rings. The minimum absolute atomic E-state index is 0.0232. The molecule has 0 aliphatic carbocycles. The highest BCUT2D eigenvalue weighted by Gasteiger charge is 2.32. The zero-order valence-electron chi connectivity index (χ0n) is 11.7. The number of nitrogens with two attached hydrogens (primary N) is 1. The molecule has 2 aromatic rings. The van der Waals surface area contributed by atoms with Crippen molar-refractivity contribution in [2.45, 2.75) is 13.0 Å². The summed E-state index contributed by atoms with van der Waals surface area (Å²) >= 11 is 0. The maximum absolute atomic E-state index is 12.3. The Bertz CT molecular complexity index is 868. The summed E-state index contributed by atoms with van der Waals surface area (Å²) in [6.07, 6.45) is -0.828. The van der Waals surface area contributed by atoms with Gasteiger partial charge in [0.15, 0.2) is 0 Å². The van der Waals surface area contributed by atoms with Crippen molar-refractivity contribution in [1.82, 2.24) is 9.88 Å². The molecule has 0 radical (unpaired) electrons. The number of nitrogen functional groups attached to an aromatic ring is 1. The topological polar surface area (TPSA) is 114 Å². The number of aromatic nitrogens is 1. The molecule has 1 atom stereocenters. The quantitative estimate of drug-likeness (QED) is 0.693. The monoisotopic (exact) mass is 299 g/mol. The van der Waals surface area contributed by atoms with Gasteiger partial charge in [-0.05, 0) is 13.0 Å². The molecule has 0 saturated heterocycles. The van der Waals surface area contributed by atoms with Crippen molar-refractivity contribution in [3.63, 3.8) is 0 Å². The van der Waals surface area contributed by atoms with Gasteiger partial charge in [0.1, 0.15) is 5.82 Å². The fraction of sp³-hybridized carbons (Fsp3) is 0.133. The first-order chi connectivity index (χ1) is 10.4. The highest BCUT2D eigenvalue weighted by Crippen LogP contribution is 2.26. The molecule has 1 aromatic heterocycles. The van der Waals surface area contributed by atoms with E-state index >= 15 is 0 Å². The number of benzene rings is 1. The van der Waals surface area contributed by atoms with Gasteiger partial charge in [-0.3, -0.25) is 24.3 Å². The van der Waals surface area contributed by atoms with E-state index in [1.807, 2.05) is 0 Å². The molecule has 3 rings (SSSR count). The molecular formula is C15H13N3O4. The number of nitrogens with zero attached hydrogens (tertiary/aromatic N) is 1. The van der Waals surface area contributed by atoms with Crippen LogP contribution < -0.4 is 16.6 Å². The van der Waals surface area contributed by atoms with Crippen molar-refractivity contribution < 1.29 is 14.7 Å². The van der Waals surface area contributed by atoms with Crippen molar-refractivity contribution in [3.8, 4) is 5.69 Å². The molecule has 0 saturated carbocycles. The van der Waals surface area contributed by atoms with Crippen LogP contribution in [-0.2, 0) is 0 Å². The number of rotatable bonds is 2. The number of carbonyl (C=O) groups excluding carboxylic acids is 2. The number of nitrogens with one attached hydrogen (secondary N) is 1. The molecule has 7 heteroatoms. The highest BCUT2D eigenvalue weighted by atomic mass is 16.3. The third kappa shape index (κ3) is 1.91. The van der Waals surface area contributed by atoms with Gasteiger partial charge in [0, 0.05) is 11.6 Å². The molecule has 1 aromatic carbocycles. The summed E-state index contributed by atoms with van der Waals surface area (Å²) in [7, 11) is 0. The van der Waals surface area contributed by atoms with Gasteiger partial charge < -0.3 is 10.8 Å². The highest BCUT2D eigenvalue weighted by molar-refractivity contribution is 6.23. The molecule has 0 fully saturated rings. The van der Waals surface area contributed by atoms with Crippen molar-refractivity contribution in [1.29, 1.82) is 0 Å². The van der Waals surface area contributed by atoms with Gasteiger partial charge >= 0.3 is 0 Å². The fourth-order valence-electron chi connectivity index (χ4n) is 2.57. The van der Waals surface area contributed by atoms with Crippen molar-refractivity contribution >= 4 is 17.6 Å². The Hall–Kier alpha value is -2.93. The van der Waals surface area contributed by atoms with Crippen LogP contribution in [0.15, 0.2) is 35.1 Å². The van der Waals surface area contributed by atoms with E-state index in [0.717, 1.165) is 10.6 Å². The van der Waals surface area contributed by atoms with E-state index in [1.165, 1.54) is 0 Å². The number of fused-ring (bicyclic) bond motifs is 1. The lowest BCUT2D eigenvalue weighted by Crippen LogP contribution is -2.25. The van der Waals surface area contributed by atoms with E-state index in [-0.39, 0.29) is 16.9 Å². The molecular weight excluding hydrogens is 286 g/mol. The van der Waals surface area contributed by atoms with E-state index in [2.05, 4.69) is 5.32 Å². The van der Waals surface area contributed by atoms with E-state index < -0.39 is 23.5 Å². The van der Waals surface area contributed by atoms with Crippen LogP contribution in [0.1, 0.15) is 39.3 Å². The number of hydrogen-bond donors (Lipinski definition) is 3. The Kier molecular flexibility index (Phi) is 3.07. The first-order valence-corrected chi connectivity index (χ1v) is 6.60. The average molecular weight is 299 g/mol. The Labute approximate surface area is 125 Å². The van der Waals surface area contributed by atoms with Crippen molar-refractivity contribution in [2.24, 2.45) is 0 Å². The molecule has 2 heterocycles. The van der Waals surface area contributed by atoms with Gasteiger partial charge in [-0.2, -0.15) is 0 Å². The second-order valence-electron chi connectivity index (χ2n) is 5.01. The zero-order valence-corrected chi connectivity index (χ0v) is 11.7. The third-order valence-electron chi connectivity index (χ3n) is 3.58. The number of para-hydroxylation sites is 1. The summed E-state index contributed by atoms with van der Waals surface area (Å²) < 4.78 is 1.12. The van der Waals surface area contributed by atoms with Crippen molar-refractivity contribution in [2.75, 3.05) is 5.73 Å². The number of aliphatic hydroxyl groups is 1. The lowest BCUT2D eigenvalue weighted by Gasteiger charge is -2.17. The van der Waals surface area contributed by atoms with Gasteiger partial charge in [0.05, 0.1) is 22.9 Å². The van der Waals surface area contributed by atoms with Gasteiger partial charge in [-0.1, -0.05) is 18.2 Å². The van der Waals surface area contributed by atoms with Crippen LogP contribution in [0.4, 0.5) is 5.82 Å². The second kappa shape index (κ2) is 4.81. The summed E-state index contributed by atoms with van der Waals surface area (Å²) in [5.41, 5.74) is 6.22. The van der Waals surface area contributed by atoms with Crippen LogP contribution in [0, 0.1) is 0 Å². The predicted octanol–water partition coefficient (Wildman–Crippen LogP) is 0.357. The molecule has 0 bridgehead atoms. The lowest BCUT2D eigenvalue weighted by atomic mass is 10.1. The second-order valence-corrected chi connectivity index (χ2v) is 5.01. The van der Waals surface area contributed by atoms with Gasteiger partial charge in [0.2, 0.25) is 0 Å². The average Bonchev–Trinajstić information content (AvgIpc) is 2.74. The molecule has 0 spiro atoms. The zero-order chi connectivity index (χ0) is 16.0. The summed E-state index contributed by atoms with van der Waals surface area (Å²) in [4.78, 5) is 35.8. The largest absolute Gasteiger partial charge is 0.389 e. The van der Waals surface area contributed by atoms with Crippen LogP contribution >= 0.6 is 0 Å². The molecule has 22 heavy (non-hydrogen) atoms. The maximum Gasteiger partial charge on any atom is 0.262 e. The minimum Gasteiger partial charge on any atom is -0.389 e. The van der Waals surface area contributed by atoms with Gasteiger partial charge in [-0.25, -0.2) is 0 Å². The molecule has 7 nitrogen and oxygen atoms in total. The number of carbonyl (C=O) groups is 2. The van der Waals surface area contributed by atoms with E-state index in [9.17, 15) is 19.5 Å². The predicted molar refractivity (Wildman–Crippen MR) is 78.9 cm³/mol. The van der Waals surface area contributed by atoms with Crippen LogP contribution in [0.5, 0.6) is 0 Å². The number of amides is 2. The van der Waals surface area contributed by atoms with Gasteiger partial charge in [-0.15, -0.1) is 0 Å². The minimum atomic E-state index is -0.828. The van der Waals surface area contributed by atoms with Crippen molar-refractivity contribution in [3.05, 3.63) is 57.4 Å². The molecule has 112 valence electrons. The van der Waals surface area contributed by atoms with Gasteiger partial charge in [0.25, 0.3) is 17.4 Å². The standard InChI is InChI=1S/C15H13N3O4/c1-7(19)8-4-2-3-5-10(8)18-11(20)6-9-12(13(18)16)15(22)17-14(9)21/h2-7,19H,16H2,1H3,(H,17,21,22). The Morgan fingerprint density at radius 1 is 1.18 bits per heavy atom. The van der Waals surface area contributed by atoms with E-state index in [0.29, 0.717) is 11.3 Å². The number of hydrogen-bond acceptors (Lipinski definition) is 5. The smallest absolute Gasteiger partial charge is 0.262 e. The van der Waals surface area contributed by atoms with E-state index in [4.69, 9.17) is 5.73 Å². The normalized spacial score (nSPS) is 14.6. The van der Waals surface area contributed by atoms with Crippen LogP contribution in [-0.4, -0.2) is 21.5 Å². The number of aliphatic hydroxyl groups excluding tert-OH is 1. The molecule has 4 N–H and O–H groups in total. The Morgan fingerprint density at radius 2 is 1.86 bits per heavy atom. The SMILES string of the molecule is CC(O)c1ccccc1-n1c(N)c2c(cc1=O)C(=O)NC2=O. The maximum atomic E-state index is 12.3.